The van der Waals surface area contributed by atoms with E-state index in [0.29, 0.717) is 13.0 Å². The lowest BCUT2D eigenvalue weighted by molar-refractivity contribution is -0.385. The molecule has 0 heterocycles. The van der Waals surface area contributed by atoms with Crippen molar-refractivity contribution < 1.29 is 19.6 Å². The highest BCUT2D eigenvalue weighted by Gasteiger charge is 2.14. The maximum absolute atomic E-state index is 10.8. The molecule has 1 rings (SSSR count). The monoisotopic (exact) mass is 254 g/mol. The van der Waals surface area contributed by atoms with E-state index in [9.17, 15) is 14.9 Å². The Morgan fingerprint density at radius 2 is 2.28 bits per heavy atom. The third kappa shape index (κ3) is 3.70. The summed E-state index contributed by atoms with van der Waals surface area (Å²) < 4.78 is 4.93. The number of ether oxygens (including phenoxy) is 1. The molecule has 1 amide bonds. The third-order valence-corrected chi connectivity index (χ3v) is 2.32. The highest BCUT2D eigenvalue weighted by molar-refractivity contribution is 5.76. The van der Waals surface area contributed by atoms with E-state index in [1.54, 1.807) is 12.1 Å². The molecule has 0 aliphatic heterocycles. The Kier molecular flexibility index (Phi) is 5.06. The number of nitrogens with zero attached hydrogens (tertiary/aromatic N) is 1. The van der Waals surface area contributed by atoms with Crippen molar-refractivity contribution in [1.82, 2.24) is 5.32 Å². The van der Waals surface area contributed by atoms with Crippen LogP contribution in [0.25, 0.3) is 0 Å². The smallest absolute Gasteiger partial charge is 0.310 e. The Labute approximate surface area is 104 Å². The number of carbonyl (C=O) groups excluding carboxylic acids is 1. The van der Waals surface area contributed by atoms with Crippen molar-refractivity contribution in [3.8, 4) is 5.75 Å². The Balaban J connectivity index is 2.68. The van der Waals surface area contributed by atoms with E-state index < -0.39 is 17.4 Å². The van der Waals surface area contributed by atoms with Gasteiger partial charge < -0.3 is 15.2 Å². The second-order valence-electron chi connectivity index (χ2n) is 3.52. The highest BCUT2D eigenvalue weighted by atomic mass is 16.6. The molecule has 0 fully saturated rings. The lowest BCUT2D eigenvalue weighted by Gasteiger charge is -2.06. The molecule has 2 N–H and O–H groups in total. The van der Waals surface area contributed by atoms with Gasteiger partial charge in [0.25, 0.3) is 0 Å². The number of rotatable bonds is 6. The van der Waals surface area contributed by atoms with Gasteiger partial charge in [-0.25, -0.2) is 0 Å². The molecule has 7 heteroatoms. The largest absolute Gasteiger partial charge is 0.490 e. The number of nitro groups is 1. The molecule has 18 heavy (non-hydrogen) atoms. The molecule has 98 valence electrons. The molecule has 0 saturated heterocycles. The first-order valence-electron chi connectivity index (χ1n) is 5.27. The maximum atomic E-state index is 10.8. The van der Waals surface area contributed by atoms with Crippen LogP contribution in [-0.2, 0) is 11.2 Å². The number of aliphatic hydroxyl groups is 1. The van der Waals surface area contributed by atoms with Crippen molar-refractivity contribution in [3.63, 3.8) is 0 Å². The molecule has 0 aliphatic carbocycles. The number of amides is 1. The van der Waals surface area contributed by atoms with Gasteiger partial charge in [0.15, 0.2) is 5.75 Å². The van der Waals surface area contributed by atoms with Crippen molar-refractivity contribution in [3.05, 3.63) is 33.9 Å². The number of benzene rings is 1. The van der Waals surface area contributed by atoms with Crippen molar-refractivity contribution >= 4 is 11.6 Å². The minimum Gasteiger partial charge on any atom is -0.490 e. The quantitative estimate of drug-likeness (QED) is 0.560. The van der Waals surface area contributed by atoms with Gasteiger partial charge in [0, 0.05) is 12.6 Å². The minimum atomic E-state index is -0.552. The SMILES string of the molecule is COc1cc(CCNC(=O)CO)ccc1[N+](=O)[O-]. The van der Waals surface area contributed by atoms with Crippen molar-refractivity contribution in [1.29, 1.82) is 0 Å². The summed E-state index contributed by atoms with van der Waals surface area (Å²) in [5.74, 6) is -0.269. The topological polar surface area (TPSA) is 102 Å². The van der Waals surface area contributed by atoms with E-state index in [1.165, 1.54) is 13.2 Å². The molecule has 0 aromatic heterocycles. The molecule has 0 saturated carbocycles. The fourth-order valence-corrected chi connectivity index (χ4v) is 1.43. The number of aliphatic hydroxyl groups excluding tert-OH is 1. The van der Waals surface area contributed by atoms with Gasteiger partial charge in [0.1, 0.15) is 6.61 Å². The van der Waals surface area contributed by atoms with Crippen LogP contribution in [0.1, 0.15) is 5.56 Å². The zero-order valence-electron chi connectivity index (χ0n) is 9.88. The Morgan fingerprint density at radius 1 is 1.56 bits per heavy atom. The summed E-state index contributed by atoms with van der Waals surface area (Å²) in [7, 11) is 1.36. The van der Waals surface area contributed by atoms with E-state index in [1.807, 2.05) is 0 Å². The number of nitro benzene ring substituents is 1. The van der Waals surface area contributed by atoms with Crippen LogP contribution < -0.4 is 10.1 Å². The molecule has 0 atom stereocenters. The normalized spacial score (nSPS) is 9.89. The average molecular weight is 254 g/mol. The zero-order chi connectivity index (χ0) is 13.5. The number of hydrogen-bond donors (Lipinski definition) is 2. The predicted octanol–water partition coefficient (Wildman–Crippen LogP) is 0.254. The van der Waals surface area contributed by atoms with Crippen LogP contribution in [0, 0.1) is 10.1 Å². The van der Waals surface area contributed by atoms with Gasteiger partial charge in [0.2, 0.25) is 5.91 Å². The number of nitrogens with one attached hydrogen (secondary N) is 1. The minimum absolute atomic E-state index is 0.0966. The fraction of sp³-hybridized carbons (Fsp3) is 0.364. The summed E-state index contributed by atoms with van der Waals surface area (Å²) in [5.41, 5.74) is 0.705. The number of hydrogen-bond acceptors (Lipinski definition) is 5. The molecule has 0 aliphatic rings. The van der Waals surface area contributed by atoms with Gasteiger partial charge in [-0.3, -0.25) is 14.9 Å². The first kappa shape index (κ1) is 13.9. The Hall–Kier alpha value is -2.15. The second kappa shape index (κ2) is 6.55. The van der Waals surface area contributed by atoms with Crippen LogP contribution in [0.2, 0.25) is 0 Å². The van der Waals surface area contributed by atoms with Crippen molar-refractivity contribution in [2.75, 3.05) is 20.3 Å². The molecular weight excluding hydrogens is 240 g/mol. The van der Waals surface area contributed by atoms with E-state index in [4.69, 9.17) is 9.84 Å². The van der Waals surface area contributed by atoms with Gasteiger partial charge in [-0.05, 0) is 18.1 Å². The van der Waals surface area contributed by atoms with Gasteiger partial charge in [-0.2, -0.15) is 0 Å². The standard InChI is InChI=1S/C11H14N2O5/c1-18-10-6-8(2-3-9(10)13(16)17)4-5-12-11(15)7-14/h2-3,6,14H,4-5,7H2,1H3,(H,12,15). The summed E-state index contributed by atoms with van der Waals surface area (Å²) in [6, 6.07) is 4.52. The van der Waals surface area contributed by atoms with Crippen LogP contribution in [-0.4, -0.2) is 36.2 Å². The lowest BCUT2D eigenvalue weighted by Crippen LogP contribution is -2.28. The van der Waals surface area contributed by atoms with Gasteiger partial charge >= 0.3 is 5.69 Å². The van der Waals surface area contributed by atoms with Gasteiger partial charge in [0.05, 0.1) is 12.0 Å². The third-order valence-electron chi connectivity index (χ3n) is 2.32. The zero-order valence-corrected chi connectivity index (χ0v) is 9.88. The molecule has 0 bridgehead atoms. The Morgan fingerprint density at radius 3 is 2.83 bits per heavy atom. The van der Waals surface area contributed by atoms with Crippen LogP contribution in [0.5, 0.6) is 5.75 Å². The average Bonchev–Trinajstić information content (AvgIpc) is 2.37. The molecular formula is C11H14N2O5. The van der Waals surface area contributed by atoms with Crippen molar-refractivity contribution in [2.45, 2.75) is 6.42 Å². The Bertz CT molecular complexity index is 447. The second-order valence-corrected chi connectivity index (χ2v) is 3.52. The molecule has 1 aromatic carbocycles. The van der Waals surface area contributed by atoms with Crippen molar-refractivity contribution in [2.24, 2.45) is 0 Å². The van der Waals surface area contributed by atoms with Crippen LogP contribution in [0.15, 0.2) is 18.2 Å². The van der Waals surface area contributed by atoms with E-state index in [2.05, 4.69) is 5.32 Å². The van der Waals surface area contributed by atoms with Gasteiger partial charge in [-0.15, -0.1) is 0 Å². The van der Waals surface area contributed by atoms with Gasteiger partial charge in [-0.1, -0.05) is 6.07 Å². The first-order chi connectivity index (χ1) is 8.58. The summed E-state index contributed by atoms with van der Waals surface area (Å²) in [4.78, 5) is 21.0. The molecule has 7 nitrogen and oxygen atoms in total. The number of methoxy groups -OCH3 is 1. The van der Waals surface area contributed by atoms with E-state index in [-0.39, 0.29) is 11.4 Å². The summed E-state index contributed by atoms with van der Waals surface area (Å²) >= 11 is 0. The van der Waals surface area contributed by atoms with Crippen LogP contribution in [0.4, 0.5) is 5.69 Å². The van der Waals surface area contributed by atoms with Crippen LogP contribution in [0.3, 0.4) is 0 Å². The highest BCUT2D eigenvalue weighted by Crippen LogP contribution is 2.27. The molecule has 1 aromatic rings. The fourth-order valence-electron chi connectivity index (χ4n) is 1.43. The predicted molar refractivity (Wildman–Crippen MR) is 63.4 cm³/mol. The lowest BCUT2D eigenvalue weighted by atomic mass is 10.1. The summed E-state index contributed by atoms with van der Waals surface area (Å²) in [5, 5.41) is 21.7. The first-order valence-corrected chi connectivity index (χ1v) is 5.27. The summed E-state index contributed by atoms with van der Waals surface area (Å²) in [6.07, 6.45) is 0.500. The molecule has 0 unspecified atom stereocenters. The molecule has 0 spiro atoms. The van der Waals surface area contributed by atoms with E-state index in [0.717, 1.165) is 5.56 Å². The van der Waals surface area contributed by atoms with E-state index >= 15 is 0 Å². The summed E-state index contributed by atoms with van der Waals surface area (Å²) in [6.45, 7) is -0.204. The van der Waals surface area contributed by atoms with Crippen LogP contribution >= 0.6 is 0 Å². The number of carbonyl (C=O) groups is 1. The molecule has 0 radical (unpaired) electrons. The maximum Gasteiger partial charge on any atom is 0.310 e.